The van der Waals surface area contributed by atoms with Gasteiger partial charge < -0.3 is 10.5 Å². The van der Waals surface area contributed by atoms with Crippen LogP contribution < -0.4 is 5.73 Å². The van der Waals surface area contributed by atoms with Crippen LogP contribution in [0.2, 0.25) is 0 Å². The molecule has 1 heterocycles. The number of carbonyl (C=O) groups excluding carboxylic acids is 2. The molecule has 108 valence electrons. The SMILES string of the molecule is CSc1nc(N)c(C(=O)C(C#N)C(=O)OC(C)(C)C)s1. The van der Waals surface area contributed by atoms with E-state index in [-0.39, 0.29) is 10.7 Å². The number of nitrogens with zero attached hydrogens (tertiary/aromatic N) is 2. The third kappa shape index (κ3) is 3.95. The summed E-state index contributed by atoms with van der Waals surface area (Å²) >= 11 is 2.40. The number of aromatic nitrogens is 1. The van der Waals surface area contributed by atoms with Crippen LogP contribution in [-0.4, -0.2) is 28.6 Å². The molecule has 1 atom stereocenters. The van der Waals surface area contributed by atoms with Crippen LogP contribution in [0.15, 0.2) is 4.34 Å². The molecule has 0 spiro atoms. The van der Waals surface area contributed by atoms with Gasteiger partial charge in [-0.3, -0.25) is 9.59 Å². The summed E-state index contributed by atoms with van der Waals surface area (Å²) in [7, 11) is 0. The molecule has 20 heavy (non-hydrogen) atoms. The van der Waals surface area contributed by atoms with E-state index in [9.17, 15) is 9.59 Å². The maximum Gasteiger partial charge on any atom is 0.332 e. The number of nitriles is 1. The second kappa shape index (κ2) is 6.24. The highest BCUT2D eigenvalue weighted by Crippen LogP contribution is 2.29. The number of nitrogens with two attached hydrogens (primary N) is 1. The second-order valence-corrected chi connectivity index (χ2v) is 6.91. The predicted molar refractivity (Wildman–Crippen MR) is 77.6 cm³/mol. The van der Waals surface area contributed by atoms with E-state index in [1.54, 1.807) is 33.1 Å². The lowest BCUT2D eigenvalue weighted by Gasteiger charge is -2.20. The van der Waals surface area contributed by atoms with E-state index in [1.165, 1.54) is 11.8 Å². The number of hydrogen-bond donors (Lipinski definition) is 1. The molecule has 6 nitrogen and oxygen atoms in total. The molecule has 0 radical (unpaired) electrons. The van der Waals surface area contributed by atoms with E-state index in [2.05, 4.69) is 4.98 Å². The van der Waals surface area contributed by atoms with Gasteiger partial charge in [0.25, 0.3) is 0 Å². The van der Waals surface area contributed by atoms with Crippen molar-refractivity contribution >= 4 is 40.7 Å². The lowest BCUT2D eigenvalue weighted by molar-refractivity contribution is -0.156. The van der Waals surface area contributed by atoms with Gasteiger partial charge in [0.05, 0.1) is 6.07 Å². The summed E-state index contributed by atoms with van der Waals surface area (Å²) in [4.78, 5) is 28.2. The molecule has 2 N–H and O–H groups in total. The van der Waals surface area contributed by atoms with Crippen molar-refractivity contribution in [2.24, 2.45) is 5.92 Å². The number of esters is 1. The lowest BCUT2D eigenvalue weighted by atomic mass is 10.0. The Labute approximate surface area is 125 Å². The van der Waals surface area contributed by atoms with E-state index in [4.69, 9.17) is 15.7 Å². The maximum atomic E-state index is 12.2. The molecule has 1 aromatic heterocycles. The fraction of sp³-hybridized carbons (Fsp3) is 0.500. The maximum absolute atomic E-state index is 12.2. The number of hydrogen-bond acceptors (Lipinski definition) is 8. The molecule has 0 saturated carbocycles. The fourth-order valence-electron chi connectivity index (χ4n) is 1.29. The van der Waals surface area contributed by atoms with Gasteiger partial charge in [0.2, 0.25) is 11.7 Å². The Hall–Kier alpha value is -1.59. The fourth-order valence-corrected chi connectivity index (χ4v) is 2.75. The van der Waals surface area contributed by atoms with Gasteiger partial charge in [-0.2, -0.15) is 5.26 Å². The molecule has 0 aliphatic rings. The van der Waals surface area contributed by atoms with E-state index in [0.717, 1.165) is 11.3 Å². The first kappa shape index (κ1) is 16.5. The third-order valence-electron chi connectivity index (χ3n) is 2.07. The monoisotopic (exact) mass is 313 g/mol. The zero-order chi connectivity index (χ0) is 15.5. The highest BCUT2D eigenvalue weighted by molar-refractivity contribution is 8.00. The van der Waals surface area contributed by atoms with Gasteiger partial charge in [-0.25, -0.2) is 4.98 Å². The zero-order valence-electron chi connectivity index (χ0n) is 11.6. The van der Waals surface area contributed by atoms with Crippen LogP contribution in [-0.2, 0) is 9.53 Å². The van der Waals surface area contributed by atoms with Crippen LogP contribution in [0.25, 0.3) is 0 Å². The molecule has 0 amide bonds. The summed E-state index contributed by atoms with van der Waals surface area (Å²) in [5.41, 5.74) is 4.87. The van der Waals surface area contributed by atoms with Gasteiger partial charge in [0.15, 0.2) is 4.34 Å². The van der Waals surface area contributed by atoms with Crippen molar-refractivity contribution in [1.29, 1.82) is 5.26 Å². The highest BCUT2D eigenvalue weighted by atomic mass is 32.2. The molecular weight excluding hydrogens is 298 g/mol. The van der Waals surface area contributed by atoms with E-state index in [1.807, 2.05) is 0 Å². The summed E-state index contributed by atoms with van der Waals surface area (Å²) in [5.74, 6) is -3.03. The number of rotatable bonds is 4. The molecule has 1 aromatic rings. The number of Topliss-reactive ketones (excluding diaryl/α,β-unsaturated/α-hetero) is 1. The van der Waals surface area contributed by atoms with Crippen molar-refractivity contribution in [3.05, 3.63) is 4.88 Å². The Morgan fingerprint density at radius 2 is 2.10 bits per heavy atom. The summed E-state index contributed by atoms with van der Waals surface area (Å²) in [6.45, 7) is 4.99. The number of anilines is 1. The van der Waals surface area contributed by atoms with Crippen LogP contribution in [0.4, 0.5) is 5.82 Å². The quantitative estimate of drug-likeness (QED) is 0.392. The van der Waals surface area contributed by atoms with Gasteiger partial charge in [-0.1, -0.05) is 11.8 Å². The second-order valence-electron chi connectivity index (χ2n) is 4.86. The number of ether oxygens (including phenoxy) is 1. The number of nitrogen functional groups attached to an aromatic ring is 1. The van der Waals surface area contributed by atoms with E-state index >= 15 is 0 Å². The van der Waals surface area contributed by atoms with E-state index in [0.29, 0.717) is 4.34 Å². The number of carbonyl (C=O) groups is 2. The number of ketones is 1. The van der Waals surface area contributed by atoms with Gasteiger partial charge in [0.1, 0.15) is 16.3 Å². The summed E-state index contributed by atoms with van der Waals surface area (Å²) < 4.78 is 5.67. The average Bonchev–Trinajstić information content (AvgIpc) is 2.69. The van der Waals surface area contributed by atoms with E-state index < -0.39 is 23.3 Å². The Morgan fingerprint density at radius 3 is 2.50 bits per heavy atom. The molecule has 0 bridgehead atoms. The highest BCUT2D eigenvalue weighted by Gasteiger charge is 2.34. The molecule has 8 heteroatoms. The van der Waals surface area contributed by atoms with Gasteiger partial charge in [-0.05, 0) is 27.0 Å². The normalized spacial score (nSPS) is 12.6. The molecule has 0 fully saturated rings. The minimum absolute atomic E-state index is 0.0353. The summed E-state index contributed by atoms with van der Waals surface area (Å²) in [6.07, 6.45) is 1.79. The van der Waals surface area contributed by atoms with Crippen molar-refractivity contribution in [3.63, 3.8) is 0 Å². The van der Waals surface area contributed by atoms with Gasteiger partial charge in [0, 0.05) is 0 Å². The molecule has 0 saturated heterocycles. The Balaban J connectivity index is 3.01. The minimum Gasteiger partial charge on any atom is -0.459 e. The largest absolute Gasteiger partial charge is 0.459 e. The average molecular weight is 313 g/mol. The summed E-state index contributed by atoms with van der Waals surface area (Å²) in [6, 6.07) is 1.67. The number of thioether (sulfide) groups is 1. The first-order chi connectivity index (χ1) is 9.19. The smallest absolute Gasteiger partial charge is 0.332 e. The standard InChI is InChI=1S/C12H15N3O3S2/c1-12(2,3)18-10(17)6(5-13)7(16)8-9(14)15-11(19-4)20-8/h6H,14H2,1-4H3. The Kier molecular flexibility index (Phi) is 5.14. The Bertz CT molecular complexity index is 569. The molecule has 1 unspecified atom stereocenters. The van der Waals surface area contributed by atoms with Gasteiger partial charge >= 0.3 is 5.97 Å². The van der Waals surface area contributed by atoms with Crippen molar-refractivity contribution in [1.82, 2.24) is 4.98 Å². The van der Waals surface area contributed by atoms with Gasteiger partial charge in [-0.15, -0.1) is 11.3 Å². The first-order valence-electron chi connectivity index (χ1n) is 5.66. The molecule has 1 rings (SSSR count). The van der Waals surface area contributed by atoms with Crippen molar-refractivity contribution in [2.45, 2.75) is 30.7 Å². The predicted octanol–water partition coefficient (Wildman–Crippen LogP) is 2.11. The molecule has 0 aliphatic carbocycles. The molecule has 0 aliphatic heterocycles. The third-order valence-corrected chi connectivity index (χ3v) is 4.14. The van der Waals surface area contributed by atoms with Crippen LogP contribution in [0.5, 0.6) is 0 Å². The van der Waals surface area contributed by atoms with Crippen molar-refractivity contribution < 1.29 is 14.3 Å². The van der Waals surface area contributed by atoms with Crippen LogP contribution >= 0.6 is 23.1 Å². The minimum atomic E-state index is -1.52. The van der Waals surface area contributed by atoms with Crippen molar-refractivity contribution in [2.75, 3.05) is 12.0 Å². The zero-order valence-corrected chi connectivity index (χ0v) is 13.2. The lowest BCUT2D eigenvalue weighted by Crippen LogP contribution is -2.32. The van der Waals surface area contributed by atoms with Crippen LogP contribution in [0.3, 0.4) is 0 Å². The summed E-state index contributed by atoms with van der Waals surface area (Å²) in [5, 5.41) is 9.05. The number of thiazole rings is 1. The first-order valence-corrected chi connectivity index (χ1v) is 7.70. The topological polar surface area (TPSA) is 106 Å². The molecule has 0 aromatic carbocycles. The molecular formula is C12H15N3O3S2. The van der Waals surface area contributed by atoms with Crippen molar-refractivity contribution in [3.8, 4) is 6.07 Å². The van der Waals surface area contributed by atoms with Crippen LogP contribution in [0.1, 0.15) is 30.4 Å². The Morgan fingerprint density at radius 1 is 1.50 bits per heavy atom. The van der Waals surface area contributed by atoms with Crippen LogP contribution in [0, 0.1) is 17.2 Å².